The molecule has 0 nitrogen and oxygen atoms in total. The van der Waals surface area contributed by atoms with Gasteiger partial charge < -0.3 is 0 Å². The molecule has 23 heavy (non-hydrogen) atoms. The van der Waals surface area contributed by atoms with E-state index >= 15 is 0 Å². The average molecular weight is 318 g/mol. The van der Waals surface area contributed by atoms with Crippen LogP contribution in [0.2, 0.25) is 0 Å². The molecule has 0 aliphatic rings. The van der Waals surface area contributed by atoms with Crippen molar-refractivity contribution in [1.29, 1.82) is 0 Å². The van der Waals surface area contributed by atoms with Crippen molar-refractivity contribution < 1.29 is 0 Å². The molecule has 0 saturated heterocycles. The number of hydrogen-bond acceptors (Lipinski definition) is 0. The Morgan fingerprint density at radius 2 is 1.09 bits per heavy atom. The van der Waals surface area contributed by atoms with Crippen molar-refractivity contribution in [3.63, 3.8) is 0 Å². The van der Waals surface area contributed by atoms with Crippen LogP contribution < -0.4 is 15.9 Å². The van der Waals surface area contributed by atoms with Gasteiger partial charge in [-0.2, -0.15) is 0 Å². The molecule has 1 atom stereocenters. The van der Waals surface area contributed by atoms with Crippen LogP contribution in [-0.4, -0.2) is 0 Å². The maximum Gasteiger partial charge on any atom is -0.0134 e. The summed E-state index contributed by atoms with van der Waals surface area (Å²) in [4.78, 5) is 0. The summed E-state index contributed by atoms with van der Waals surface area (Å²) in [5.41, 5.74) is 1.44. The van der Waals surface area contributed by atoms with Gasteiger partial charge in [-0.15, -0.1) is 0 Å². The molecule has 0 radical (unpaired) electrons. The van der Waals surface area contributed by atoms with Gasteiger partial charge in [-0.05, 0) is 41.7 Å². The average Bonchev–Trinajstić information content (AvgIpc) is 2.64. The summed E-state index contributed by atoms with van der Waals surface area (Å²) < 4.78 is 0. The first-order valence-corrected chi connectivity index (χ1v) is 9.64. The molecule has 3 aromatic rings. The van der Waals surface area contributed by atoms with E-state index in [1.54, 1.807) is 0 Å². The largest absolute Gasteiger partial charge is 0.0648 e. The van der Waals surface area contributed by atoms with Crippen molar-refractivity contribution in [2.75, 3.05) is 0 Å². The second kappa shape index (κ2) is 7.57. The van der Waals surface area contributed by atoms with Crippen molar-refractivity contribution in [3.8, 4) is 0 Å². The maximum absolute atomic E-state index is 2.33. The van der Waals surface area contributed by atoms with E-state index in [1.165, 1.54) is 27.9 Å². The highest BCUT2D eigenvalue weighted by molar-refractivity contribution is 7.79. The van der Waals surface area contributed by atoms with Gasteiger partial charge in [0, 0.05) is 0 Å². The van der Waals surface area contributed by atoms with Crippen molar-refractivity contribution >= 4 is 23.8 Å². The highest BCUT2D eigenvalue weighted by atomic mass is 31.1. The summed E-state index contributed by atoms with van der Waals surface area (Å²) >= 11 is 0. The van der Waals surface area contributed by atoms with E-state index in [-0.39, 0.29) is 0 Å². The lowest BCUT2D eigenvalue weighted by Crippen LogP contribution is -2.20. The lowest BCUT2D eigenvalue weighted by molar-refractivity contribution is 0.734. The lowest BCUT2D eigenvalue weighted by atomic mass is 9.99. The van der Waals surface area contributed by atoms with E-state index in [9.17, 15) is 0 Å². The minimum absolute atomic E-state index is 0.482. The first-order valence-electron chi connectivity index (χ1n) is 8.29. The Bertz CT molecular complexity index is 677. The van der Waals surface area contributed by atoms with E-state index in [2.05, 4.69) is 98.8 Å². The molecule has 1 unspecified atom stereocenters. The fourth-order valence-electron chi connectivity index (χ4n) is 2.79. The molecule has 0 aliphatic heterocycles. The predicted molar refractivity (Wildman–Crippen MR) is 104 cm³/mol. The summed E-state index contributed by atoms with van der Waals surface area (Å²) in [5.74, 6) is 0.628. The molecule has 3 rings (SSSR count). The van der Waals surface area contributed by atoms with Gasteiger partial charge in [0.15, 0.2) is 0 Å². The van der Waals surface area contributed by atoms with Gasteiger partial charge in [0.2, 0.25) is 0 Å². The summed E-state index contributed by atoms with van der Waals surface area (Å²) in [7, 11) is -0.482. The molecule has 3 aromatic carbocycles. The minimum atomic E-state index is -0.482. The Hall–Kier alpha value is -1.91. The highest BCUT2D eigenvalue weighted by Gasteiger charge is 2.16. The first kappa shape index (κ1) is 16.0. The monoisotopic (exact) mass is 318 g/mol. The van der Waals surface area contributed by atoms with E-state index in [4.69, 9.17) is 0 Å². The van der Waals surface area contributed by atoms with Gasteiger partial charge in [0.1, 0.15) is 0 Å². The Balaban J connectivity index is 2.02. The normalized spacial score (nSPS) is 12.3. The molecule has 0 N–H and O–H groups in total. The van der Waals surface area contributed by atoms with Crippen LogP contribution in [0.1, 0.15) is 31.7 Å². The molecule has 0 aliphatic carbocycles. The summed E-state index contributed by atoms with van der Waals surface area (Å²) in [6.45, 7) is 4.55. The van der Waals surface area contributed by atoms with Crippen LogP contribution in [0, 0.1) is 0 Å². The van der Waals surface area contributed by atoms with E-state index in [0.717, 1.165) is 0 Å². The van der Waals surface area contributed by atoms with Crippen LogP contribution in [0.3, 0.4) is 0 Å². The van der Waals surface area contributed by atoms with Gasteiger partial charge >= 0.3 is 0 Å². The molecule has 1 heteroatoms. The summed E-state index contributed by atoms with van der Waals surface area (Å²) in [5, 5.41) is 4.24. The lowest BCUT2D eigenvalue weighted by Gasteiger charge is -2.20. The van der Waals surface area contributed by atoms with E-state index < -0.39 is 7.92 Å². The van der Waals surface area contributed by atoms with Gasteiger partial charge in [-0.25, -0.2) is 0 Å². The van der Waals surface area contributed by atoms with Gasteiger partial charge in [-0.3, -0.25) is 0 Å². The first-order chi connectivity index (χ1) is 11.3. The molecular weight excluding hydrogens is 295 g/mol. The molecule has 116 valence electrons. The van der Waals surface area contributed by atoms with Crippen LogP contribution in [0.25, 0.3) is 0 Å². The van der Waals surface area contributed by atoms with Crippen LogP contribution >= 0.6 is 7.92 Å². The Morgan fingerprint density at radius 1 is 0.652 bits per heavy atom. The van der Waals surface area contributed by atoms with Gasteiger partial charge in [0.05, 0.1) is 0 Å². The topological polar surface area (TPSA) is 0 Å². The van der Waals surface area contributed by atoms with Crippen molar-refractivity contribution in [2.24, 2.45) is 0 Å². The third kappa shape index (κ3) is 3.71. The highest BCUT2D eigenvalue weighted by Crippen LogP contribution is 2.33. The van der Waals surface area contributed by atoms with Crippen LogP contribution in [0.15, 0.2) is 84.9 Å². The zero-order valence-corrected chi connectivity index (χ0v) is 14.7. The Morgan fingerprint density at radius 3 is 1.52 bits per heavy atom. The molecule has 0 amide bonds. The molecule has 0 spiro atoms. The zero-order chi connectivity index (χ0) is 16.1. The Labute approximate surface area is 141 Å². The molecule has 0 bridgehead atoms. The van der Waals surface area contributed by atoms with Gasteiger partial charge in [-0.1, -0.05) is 98.8 Å². The molecular formula is C22H23P. The third-order valence-electron chi connectivity index (χ3n) is 4.36. The van der Waals surface area contributed by atoms with E-state index in [0.29, 0.717) is 5.92 Å². The molecule has 0 aromatic heterocycles. The molecule has 0 saturated carbocycles. The van der Waals surface area contributed by atoms with Crippen LogP contribution in [-0.2, 0) is 0 Å². The standard InChI is InChI=1S/C22H23P/c1-3-18(2)19-14-16-22(17-15-19)23(20-10-6-4-7-11-20)21-12-8-5-9-13-21/h4-18H,3H2,1-2H3. The predicted octanol–water partition coefficient (Wildman–Crippen LogP) is 4.96. The van der Waals surface area contributed by atoms with Gasteiger partial charge in [0.25, 0.3) is 0 Å². The summed E-state index contributed by atoms with van der Waals surface area (Å²) in [6, 6.07) is 31.0. The zero-order valence-electron chi connectivity index (χ0n) is 13.8. The van der Waals surface area contributed by atoms with E-state index in [1.807, 2.05) is 0 Å². The minimum Gasteiger partial charge on any atom is -0.0648 e. The third-order valence-corrected chi connectivity index (χ3v) is 6.81. The second-order valence-corrected chi connectivity index (χ2v) is 8.13. The van der Waals surface area contributed by atoms with Crippen molar-refractivity contribution in [3.05, 3.63) is 90.5 Å². The van der Waals surface area contributed by atoms with Crippen LogP contribution in [0.4, 0.5) is 0 Å². The Kier molecular flexibility index (Phi) is 5.26. The quantitative estimate of drug-likeness (QED) is 0.583. The fraction of sp³-hybridized carbons (Fsp3) is 0.182. The second-order valence-electron chi connectivity index (χ2n) is 5.91. The smallest absolute Gasteiger partial charge is 0.0134 e. The van der Waals surface area contributed by atoms with Crippen molar-refractivity contribution in [1.82, 2.24) is 0 Å². The fourth-order valence-corrected chi connectivity index (χ4v) is 5.07. The van der Waals surface area contributed by atoms with Crippen LogP contribution in [0.5, 0.6) is 0 Å². The maximum atomic E-state index is 2.33. The number of hydrogen-bond donors (Lipinski definition) is 0. The molecule has 0 fully saturated rings. The van der Waals surface area contributed by atoms with Crippen molar-refractivity contribution in [2.45, 2.75) is 26.2 Å². The summed E-state index contributed by atoms with van der Waals surface area (Å²) in [6.07, 6.45) is 1.19. The number of benzene rings is 3. The number of rotatable bonds is 5. The molecule has 0 heterocycles. The SMILES string of the molecule is CCC(C)c1ccc(P(c2ccccc2)c2ccccc2)cc1.